The summed E-state index contributed by atoms with van der Waals surface area (Å²) in [5.41, 5.74) is 7.45. The predicted molar refractivity (Wildman–Crippen MR) is 119 cm³/mol. The van der Waals surface area contributed by atoms with Crippen LogP contribution in [0.5, 0.6) is 0 Å². The minimum Gasteiger partial charge on any atom is -0.481 e. The lowest BCUT2D eigenvalue weighted by Gasteiger charge is -2.42. The van der Waals surface area contributed by atoms with Crippen molar-refractivity contribution in [2.24, 2.45) is 11.8 Å². The number of carboxylic acid groups (broad SMARTS) is 1. The van der Waals surface area contributed by atoms with Gasteiger partial charge in [-0.2, -0.15) is 0 Å². The maximum Gasteiger partial charge on any atom is 0.306 e. The standard InChI is InChI=1S/C27H34O2/c1-26(2)12-13-27(3,4)24-17-21(10-11-23(24)26)20-7-5-6-18(14-20)8-9-19-15-22(16-19)25(28)29/h5-7,10-11,14,17,19,22H,8-9,12-13,15-16H2,1-4H3,(H,28,29). The van der Waals surface area contributed by atoms with Crippen LogP contribution in [-0.2, 0) is 22.0 Å². The third kappa shape index (κ3) is 3.99. The Hall–Kier alpha value is -2.09. The van der Waals surface area contributed by atoms with Gasteiger partial charge in [0, 0.05) is 0 Å². The first-order valence-electron chi connectivity index (χ1n) is 11.1. The summed E-state index contributed by atoms with van der Waals surface area (Å²) in [7, 11) is 0. The van der Waals surface area contributed by atoms with Crippen molar-refractivity contribution in [1.82, 2.24) is 0 Å². The van der Waals surface area contributed by atoms with E-state index >= 15 is 0 Å². The summed E-state index contributed by atoms with van der Waals surface area (Å²) in [6.45, 7) is 9.50. The number of aryl methyl sites for hydroxylation is 1. The maximum absolute atomic E-state index is 11.0. The molecule has 0 aliphatic heterocycles. The summed E-state index contributed by atoms with van der Waals surface area (Å²) < 4.78 is 0. The monoisotopic (exact) mass is 390 g/mol. The quantitative estimate of drug-likeness (QED) is 0.613. The van der Waals surface area contributed by atoms with Crippen molar-refractivity contribution in [3.8, 4) is 11.1 Å². The molecule has 0 spiro atoms. The molecule has 154 valence electrons. The molecule has 0 heterocycles. The number of aliphatic carboxylic acids is 1. The first-order chi connectivity index (χ1) is 13.7. The van der Waals surface area contributed by atoms with Crippen LogP contribution in [0, 0.1) is 11.8 Å². The molecule has 0 amide bonds. The van der Waals surface area contributed by atoms with Gasteiger partial charge in [0.15, 0.2) is 0 Å². The van der Waals surface area contributed by atoms with Gasteiger partial charge < -0.3 is 5.11 Å². The molecule has 0 saturated heterocycles. The fourth-order valence-corrected chi connectivity index (χ4v) is 5.22. The van der Waals surface area contributed by atoms with E-state index < -0.39 is 5.97 Å². The Labute approximate surface area is 175 Å². The second-order valence-electron chi connectivity index (χ2n) is 10.6. The molecule has 1 N–H and O–H groups in total. The molecule has 29 heavy (non-hydrogen) atoms. The highest BCUT2D eigenvalue weighted by Gasteiger charge is 2.37. The molecule has 2 aromatic rings. The van der Waals surface area contributed by atoms with E-state index in [4.69, 9.17) is 5.11 Å². The molecule has 1 saturated carbocycles. The van der Waals surface area contributed by atoms with Crippen molar-refractivity contribution < 1.29 is 9.90 Å². The van der Waals surface area contributed by atoms with Crippen LogP contribution < -0.4 is 0 Å². The van der Waals surface area contributed by atoms with Gasteiger partial charge in [-0.1, -0.05) is 70.2 Å². The summed E-state index contributed by atoms with van der Waals surface area (Å²) >= 11 is 0. The molecule has 1 fully saturated rings. The number of hydrogen-bond donors (Lipinski definition) is 1. The van der Waals surface area contributed by atoms with E-state index in [-0.39, 0.29) is 16.7 Å². The first-order valence-corrected chi connectivity index (χ1v) is 11.1. The van der Waals surface area contributed by atoms with Gasteiger partial charge in [0.05, 0.1) is 5.92 Å². The van der Waals surface area contributed by atoms with Crippen molar-refractivity contribution in [2.45, 2.75) is 77.0 Å². The third-order valence-corrected chi connectivity index (χ3v) is 7.54. The zero-order valence-corrected chi connectivity index (χ0v) is 18.3. The summed E-state index contributed by atoms with van der Waals surface area (Å²) in [6, 6.07) is 16.0. The van der Waals surface area contributed by atoms with Gasteiger partial charge in [-0.15, -0.1) is 0 Å². The van der Waals surface area contributed by atoms with Crippen LogP contribution in [0.2, 0.25) is 0 Å². The van der Waals surface area contributed by atoms with Crippen LogP contribution in [0.1, 0.15) is 76.5 Å². The van der Waals surface area contributed by atoms with Gasteiger partial charge in [-0.05, 0) is 83.1 Å². The highest BCUT2D eigenvalue weighted by atomic mass is 16.4. The summed E-state index contributed by atoms with van der Waals surface area (Å²) in [4.78, 5) is 11.0. The number of hydrogen-bond acceptors (Lipinski definition) is 1. The molecular formula is C27H34O2. The lowest BCUT2D eigenvalue weighted by molar-refractivity contribution is -0.146. The molecule has 2 aliphatic rings. The third-order valence-electron chi connectivity index (χ3n) is 7.54. The van der Waals surface area contributed by atoms with E-state index in [1.165, 1.54) is 40.7 Å². The van der Waals surface area contributed by atoms with Gasteiger partial charge in [0.1, 0.15) is 0 Å². The molecule has 0 radical (unpaired) electrons. The zero-order valence-electron chi connectivity index (χ0n) is 18.3. The van der Waals surface area contributed by atoms with Crippen molar-refractivity contribution in [2.75, 3.05) is 0 Å². The Kier molecular flexibility index (Phi) is 5.09. The van der Waals surface area contributed by atoms with Gasteiger partial charge in [0.2, 0.25) is 0 Å². The van der Waals surface area contributed by atoms with Crippen LogP contribution in [0.25, 0.3) is 11.1 Å². The topological polar surface area (TPSA) is 37.3 Å². The molecule has 2 heteroatoms. The predicted octanol–water partition coefficient (Wildman–Crippen LogP) is 6.75. The SMILES string of the molecule is CC1(C)CCC(C)(C)c2cc(-c3cccc(CCC4CC(C(=O)O)C4)c3)ccc21. The molecule has 0 atom stereocenters. The Morgan fingerprint density at radius 3 is 2.28 bits per heavy atom. The van der Waals surface area contributed by atoms with Crippen molar-refractivity contribution >= 4 is 5.97 Å². The minimum absolute atomic E-state index is 0.102. The van der Waals surface area contributed by atoms with Crippen LogP contribution in [-0.4, -0.2) is 11.1 Å². The average Bonchev–Trinajstić information content (AvgIpc) is 2.64. The molecule has 0 bridgehead atoms. The van der Waals surface area contributed by atoms with Gasteiger partial charge in [-0.3, -0.25) is 4.79 Å². The second-order valence-corrected chi connectivity index (χ2v) is 10.6. The largest absolute Gasteiger partial charge is 0.481 e. The smallest absolute Gasteiger partial charge is 0.306 e. The number of rotatable bonds is 5. The van der Waals surface area contributed by atoms with E-state index in [1.54, 1.807) is 0 Å². The highest BCUT2D eigenvalue weighted by molar-refractivity contribution is 5.71. The van der Waals surface area contributed by atoms with Crippen LogP contribution in [0.3, 0.4) is 0 Å². The fourth-order valence-electron chi connectivity index (χ4n) is 5.22. The van der Waals surface area contributed by atoms with E-state index in [9.17, 15) is 4.79 Å². The van der Waals surface area contributed by atoms with Crippen molar-refractivity contribution in [1.29, 1.82) is 0 Å². The van der Waals surface area contributed by atoms with E-state index in [1.807, 2.05) is 0 Å². The molecule has 2 aliphatic carbocycles. The van der Waals surface area contributed by atoms with Crippen LogP contribution >= 0.6 is 0 Å². The molecule has 2 nitrogen and oxygen atoms in total. The average molecular weight is 391 g/mol. The maximum atomic E-state index is 11.0. The summed E-state index contributed by atoms with van der Waals surface area (Å²) in [5, 5.41) is 9.05. The Morgan fingerprint density at radius 2 is 1.59 bits per heavy atom. The Balaban J connectivity index is 1.52. The lowest BCUT2D eigenvalue weighted by atomic mass is 9.63. The molecular weight excluding hydrogens is 356 g/mol. The van der Waals surface area contributed by atoms with Gasteiger partial charge in [-0.25, -0.2) is 0 Å². The lowest BCUT2D eigenvalue weighted by Crippen LogP contribution is -2.33. The normalized spacial score (nSPS) is 24.4. The van der Waals surface area contributed by atoms with Crippen molar-refractivity contribution in [3.05, 3.63) is 59.2 Å². The van der Waals surface area contributed by atoms with E-state index in [2.05, 4.69) is 70.2 Å². The van der Waals surface area contributed by atoms with Gasteiger partial charge >= 0.3 is 5.97 Å². The molecule has 0 unspecified atom stereocenters. The number of carboxylic acids is 1. The Morgan fingerprint density at radius 1 is 0.931 bits per heavy atom. The Bertz CT molecular complexity index is 916. The summed E-state index contributed by atoms with van der Waals surface area (Å²) in [5.74, 6) is -0.150. The number of benzene rings is 2. The molecule has 2 aromatic carbocycles. The number of fused-ring (bicyclic) bond motifs is 1. The van der Waals surface area contributed by atoms with E-state index in [0.717, 1.165) is 25.7 Å². The van der Waals surface area contributed by atoms with E-state index in [0.29, 0.717) is 5.92 Å². The fraction of sp³-hybridized carbons (Fsp3) is 0.519. The highest BCUT2D eigenvalue weighted by Crippen LogP contribution is 2.46. The zero-order chi connectivity index (χ0) is 20.8. The first kappa shape index (κ1) is 20.2. The van der Waals surface area contributed by atoms with Gasteiger partial charge in [0.25, 0.3) is 0 Å². The molecule has 0 aromatic heterocycles. The number of carbonyl (C=O) groups is 1. The minimum atomic E-state index is -0.623. The second kappa shape index (κ2) is 7.31. The molecule has 4 rings (SSSR count). The van der Waals surface area contributed by atoms with Crippen LogP contribution in [0.15, 0.2) is 42.5 Å². The summed E-state index contributed by atoms with van der Waals surface area (Å²) in [6.07, 6.45) is 6.31. The van der Waals surface area contributed by atoms with Crippen molar-refractivity contribution in [3.63, 3.8) is 0 Å². The van der Waals surface area contributed by atoms with Crippen LogP contribution in [0.4, 0.5) is 0 Å².